The van der Waals surface area contributed by atoms with E-state index in [0.29, 0.717) is 0 Å². The number of rotatable bonds is 12. The molecule has 0 aromatic carbocycles. The maximum atomic E-state index is 12.8. The van der Waals surface area contributed by atoms with Gasteiger partial charge in [0.2, 0.25) is 5.91 Å². The Labute approximate surface area is 234 Å². The third kappa shape index (κ3) is 7.29. The summed E-state index contributed by atoms with van der Waals surface area (Å²) in [6.07, 6.45) is -15.2. The molecule has 21 nitrogen and oxygen atoms in total. The molecule has 0 spiro atoms. The monoisotopic (exact) mass is 630 g/mol. The molecule has 0 bridgehead atoms. The van der Waals surface area contributed by atoms with Crippen LogP contribution in [0.3, 0.4) is 0 Å². The molecule has 2 aliphatic rings. The number of carboxylic acid groups (broad SMARTS) is 1. The Morgan fingerprint density at radius 3 is 2.50 bits per heavy atom. The van der Waals surface area contributed by atoms with Crippen LogP contribution in [0.25, 0.3) is 0 Å². The molecule has 2 fully saturated rings. The Morgan fingerprint density at radius 1 is 1.26 bits per heavy atom. The average molecular weight is 630 g/mol. The fraction of sp³-hybridized carbons (Fsp3) is 0.700. The first-order valence-electron chi connectivity index (χ1n) is 12.1. The number of nitrogens with zero attached hydrogens (tertiary/aromatic N) is 2. The molecule has 2 aliphatic heterocycles. The van der Waals surface area contributed by atoms with Crippen molar-refractivity contribution in [3.05, 3.63) is 22.7 Å². The van der Waals surface area contributed by atoms with Crippen molar-refractivity contribution in [3.63, 3.8) is 0 Å². The summed E-state index contributed by atoms with van der Waals surface area (Å²) in [7, 11) is -5.56. The van der Waals surface area contributed by atoms with E-state index in [0.717, 1.165) is 10.8 Å². The van der Waals surface area contributed by atoms with Crippen molar-refractivity contribution in [2.75, 3.05) is 25.6 Å². The number of amides is 1. The van der Waals surface area contributed by atoms with Gasteiger partial charge in [0.05, 0.1) is 25.4 Å². The molecular formula is C20H31N4O17P. The molecule has 1 aromatic heterocycles. The highest BCUT2D eigenvalue weighted by Crippen LogP contribution is 2.51. The van der Waals surface area contributed by atoms with Crippen molar-refractivity contribution in [1.82, 2.24) is 14.9 Å². The second kappa shape index (κ2) is 13.3. The first kappa shape index (κ1) is 33.9. The van der Waals surface area contributed by atoms with Crippen LogP contribution in [0, 0.1) is 0 Å². The first-order chi connectivity index (χ1) is 19.6. The van der Waals surface area contributed by atoms with E-state index in [1.807, 2.05) is 5.32 Å². The lowest BCUT2D eigenvalue weighted by atomic mass is 9.88. The minimum Gasteiger partial charge on any atom is -0.477 e. The highest BCUT2D eigenvalue weighted by molar-refractivity contribution is 7.47. The third-order valence-corrected chi connectivity index (χ3v) is 7.42. The number of hydrogen-bond acceptors (Lipinski definition) is 17. The van der Waals surface area contributed by atoms with Gasteiger partial charge < -0.3 is 66.3 Å². The van der Waals surface area contributed by atoms with Crippen LogP contribution in [0.4, 0.5) is 5.82 Å². The van der Waals surface area contributed by atoms with Gasteiger partial charge in [-0.25, -0.2) is 18.7 Å². The number of hydrogen-bond donors (Lipinski definition) is 11. The summed E-state index contributed by atoms with van der Waals surface area (Å²) in [6, 6.07) is -0.528. The van der Waals surface area contributed by atoms with Crippen LogP contribution in [0.5, 0.6) is 0 Å². The molecular weight excluding hydrogens is 599 g/mol. The van der Waals surface area contributed by atoms with E-state index >= 15 is 0 Å². The molecule has 1 unspecified atom stereocenters. The van der Waals surface area contributed by atoms with Crippen LogP contribution in [0.15, 0.2) is 17.1 Å². The fourth-order valence-corrected chi connectivity index (χ4v) is 5.27. The Bertz CT molecular complexity index is 1240. The normalized spacial score (nSPS) is 34.3. The number of nitrogen functional groups attached to an aromatic ring is 1. The van der Waals surface area contributed by atoms with Crippen LogP contribution in [-0.2, 0) is 32.7 Å². The van der Waals surface area contributed by atoms with E-state index in [1.165, 1.54) is 6.07 Å². The number of carbonyl (C=O) groups excluding carboxylic acids is 1. The molecule has 3 rings (SSSR count). The van der Waals surface area contributed by atoms with E-state index in [1.54, 1.807) is 0 Å². The zero-order valence-electron chi connectivity index (χ0n) is 21.4. The van der Waals surface area contributed by atoms with Crippen LogP contribution in [0.1, 0.15) is 12.6 Å². The number of aromatic nitrogens is 2. The van der Waals surface area contributed by atoms with Crippen LogP contribution in [-0.4, -0.2) is 142 Å². The van der Waals surface area contributed by atoms with Gasteiger partial charge in [-0.2, -0.15) is 4.98 Å². The van der Waals surface area contributed by atoms with Gasteiger partial charge in [0, 0.05) is 12.6 Å². The zero-order chi connectivity index (χ0) is 31.6. The van der Waals surface area contributed by atoms with E-state index in [-0.39, 0.29) is 5.82 Å². The number of phosphoric acid groups is 1. The highest BCUT2D eigenvalue weighted by Gasteiger charge is 2.59. The molecule has 1 aromatic rings. The topological polar surface area (TPSA) is 343 Å². The first-order valence-corrected chi connectivity index (χ1v) is 13.6. The minimum atomic E-state index is -5.56. The lowest BCUT2D eigenvalue weighted by Crippen LogP contribution is -2.68. The molecule has 22 heteroatoms. The van der Waals surface area contributed by atoms with Gasteiger partial charge >= 0.3 is 19.5 Å². The molecule has 1 amide bonds. The number of phosphoric ester groups is 1. The number of carbonyl (C=O) groups is 2. The number of nitrogens with two attached hydrogens (primary N) is 1. The van der Waals surface area contributed by atoms with Gasteiger partial charge in [0.1, 0.15) is 49.0 Å². The largest absolute Gasteiger partial charge is 0.477 e. The minimum absolute atomic E-state index is 0.146. The van der Waals surface area contributed by atoms with Gasteiger partial charge in [0.25, 0.3) is 5.79 Å². The van der Waals surface area contributed by atoms with Crippen LogP contribution >= 0.6 is 7.82 Å². The summed E-state index contributed by atoms with van der Waals surface area (Å²) in [4.78, 5) is 49.7. The zero-order valence-corrected chi connectivity index (χ0v) is 22.3. The number of nitrogens with one attached hydrogen (secondary N) is 1. The summed E-state index contributed by atoms with van der Waals surface area (Å²) in [5.74, 6) is -6.67. The molecule has 11 atom stereocenters. The van der Waals surface area contributed by atoms with Crippen molar-refractivity contribution in [3.8, 4) is 0 Å². The lowest BCUT2D eigenvalue weighted by molar-refractivity contribution is -0.289. The molecule has 238 valence electrons. The molecule has 0 saturated carbocycles. The quantitative estimate of drug-likeness (QED) is 0.0956. The lowest BCUT2D eigenvalue weighted by Gasteiger charge is -2.46. The van der Waals surface area contributed by atoms with Gasteiger partial charge in [0.15, 0.2) is 6.23 Å². The molecule has 42 heavy (non-hydrogen) atoms. The maximum absolute atomic E-state index is 12.8. The Morgan fingerprint density at radius 2 is 1.93 bits per heavy atom. The number of ether oxygens (including phenoxy) is 2. The molecule has 2 saturated heterocycles. The Kier molecular flexibility index (Phi) is 10.8. The van der Waals surface area contributed by atoms with Crippen molar-refractivity contribution >= 4 is 25.5 Å². The summed E-state index contributed by atoms with van der Waals surface area (Å²) >= 11 is 0. The SMILES string of the molecule is Nc1ccn([C@@H]2O[C@H](COP(=O)(O)O[C@@]3(C(=O)O)C[C@H](O)[C@@H](NC(=O)CO)[C@H]([C@H](O)[C@H](O)CO)O3)[C@@H](O)[C@H]2O)c(=O)n1. The van der Waals surface area contributed by atoms with Crippen LogP contribution in [0.2, 0.25) is 0 Å². The number of aliphatic carboxylic acids is 1. The van der Waals surface area contributed by atoms with Crippen molar-refractivity contribution in [1.29, 1.82) is 0 Å². The average Bonchev–Trinajstić information content (AvgIpc) is 3.20. The number of anilines is 1. The molecule has 3 heterocycles. The van der Waals surface area contributed by atoms with Gasteiger partial charge in [-0.3, -0.25) is 13.9 Å². The van der Waals surface area contributed by atoms with Crippen molar-refractivity contribution in [2.45, 2.75) is 67.2 Å². The van der Waals surface area contributed by atoms with Gasteiger partial charge in [-0.1, -0.05) is 0 Å². The molecule has 0 aliphatic carbocycles. The summed E-state index contributed by atoms with van der Waals surface area (Å²) in [5, 5.41) is 81.6. The van der Waals surface area contributed by atoms with E-state index in [4.69, 9.17) is 29.4 Å². The predicted molar refractivity (Wildman–Crippen MR) is 130 cm³/mol. The van der Waals surface area contributed by atoms with Gasteiger partial charge in [-0.05, 0) is 6.07 Å². The van der Waals surface area contributed by atoms with Crippen LogP contribution < -0.4 is 16.7 Å². The summed E-state index contributed by atoms with van der Waals surface area (Å²) < 4.78 is 33.6. The van der Waals surface area contributed by atoms with Gasteiger partial charge in [-0.15, -0.1) is 0 Å². The molecule has 0 radical (unpaired) electrons. The van der Waals surface area contributed by atoms with Crippen molar-refractivity contribution < 1.29 is 78.4 Å². The van der Waals surface area contributed by atoms with E-state index in [2.05, 4.69) is 4.98 Å². The second-order valence-electron chi connectivity index (χ2n) is 9.35. The predicted octanol–water partition coefficient (Wildman–Crippen LogP) is -6.30. The number of carboxylic acids is 1. The third-order valence-electron chi connectivity index (χ3n) is 6.42. The number of aliphatic hydroxyl groups is 7. The smallest absolute Gasteiger partial charge is 0.475 e. The molecule has 12 N–H and O–H groups in total. The number of aliphatic hydroxyl groups excluding tert-OH is 7. The van der Waals surface area contributed by atoms with E-state index in [9.17, 15) is 59.6 Å². The highest BCUT2D eigenvalue weighted by atomic mass is 31.2. The van der Waals surface area contributed by atoms with Crippen molar-refractivity contribution in [2.24, 2.45) is 0 Å². The fourth-order valence-electron chi connectivity index (χ4n) is 4.31. The summed E-state index contributed by atoms with van der Waals surface area (Å²) in [6.45, 7) is -3.25. The second-order valence-corrected chi connectivity index (χ2v) is 10.7. The van der Waals surface area contributed by atoms with E-state index < -0.39 is 112 Å². The Balaban J connectivity index is 1.79. The standard InChI is InChI=1S/C20H31N4O17P/c21-10-1-2-24(19(35)22-10)17-15(32)14(31)9(39-17)6-38-42(36,37)41-20(18(33)34)3-7(27)12(23-11(29)5-26)16(40-20)13(30)8(28)4-25/h1-2,7-9,12-17,25-28,30-32H,3-6H2,(H,23,29)(H,33,34)(H,36,37)(H2,21,22,35)/t7-,8+,9+,12+,13+,14+,15+,16+,17+,20+/m0/s1. The maximum Gasteiger partial charge on any atom is 0.475 e. The summed E-state index contributed by atoms with van der Waals surface area (Å²) in [5.41, 5.74) is 4.45. The Hall–Kier alpha value is -2.63.